The molecule has 1 saturated carbocycles. The van der Waals surface area contributed by atoms with Gasteiger partial charge in [-0.2, -0.15) is 0 Å². The fourth-order valence-electron chi connectivity index (χ4n) is 3.84. The summed E-state index contributed by atoms with van der Waals surface area (Å²) in [7, 11) is 0. The van der Waals surface area contributed by atoms with Gasteiger partial charge in [-0.1, -0.05) is 55.7 Å². The van der Waals surface area contributed by atoms with Gasteiger partial charge in [-0.3, -0.25) is 0 Å². The van der Waals surface area contributed by atoms with Crippen LogP contribution in [0.4, 0.5) is 11.4 Å². The van der Waals surface area contributed by atoms with Gasteiger partial charge in [0.2, 0.25) is 0 Å². The fraction of sp³-hybridized carbons (Fsp3) is 0.435. The summed E-state index contributed by atoms with van der Waals surface area (Å²) in [4.78, 5) is 5.16. The van der Waals surface area contributed by atoms with E-state index in [-0.39, 0.29) is 0 Å². The molecular weight excluding hydrogens is 304 g/mol. The van der Waals surface area contributed by atoms with Gasteiger partial charge in [0.15, 0.2) is 0 Å². The Balaban J connectivity index is 2.02. The zero-order chi connectivity index (χ0) is 17.8. The Bertz CT molecular complexity index is 727. The molecule has 0 saturated heterocycles. The lowest BCUT2D eigenvalue weighted by Crippen LogP contribution is -2.26. The maximum atomic E-state index is 5.16. The Kier molecular flexibility index (Phi) is 5.57. The van der Waals surface area contributed by atoms with Gasteiger partial charge >= 0.3 is 0 Å². The molecule has 132 valence electrons. The monoisotopic (exact) mass is 334 g/mol. The first kappa shape index (κ1) is 17.7. The van der Waals surface area contributed by atoms with Crippen molar-refractivity contribution in [3.63, 3.8) is 0 Å². The molecule has 0 aliphatic heterocycles. The van der Waals surface area contributed by atoms with Crippen LogP contribution in [0.25, 0.3) is 0 Å². The van der Waals surface area contributed by atoms with Crippen molar-refractivity contribution in [2.75, 3.05) is 5.32 Å². The molecule has 0 radical (unpaired) electrons. The molecule has 0 heterocycles. The van der Waals surface area contributed by atoms with Crippen molar-refractivity contribution in [1.82, 2.24) is 0 Å². The second-order valence-electron chi connectivity index (χ2n) is 7.46. The number of amidine groups is 1. The number of aryl methyl sites for hydroxylation is 4. The highest BCUT2D eigenvalue weighted by Gasteiger charge is 2.21. The SMILES string of the molecule is Cc1cccc(C)c1N=C(Nc1c(C)cccc1C)C1CCCCC1. The first-order valence-corrected chi connectivity index (χ1v) is 9.54. The van der Waals surface area contributed by atoms with Gasteiger partial charge in [-0.15, -0.1) is 0 Å². The number of hydrogen-bond donors (Lipinski definition) is 1. The van der Waals surface area contributed by atoms with Crippen LogP contribution in [-0.2, 0) is 0 Å². The summed E-state index contributed by atoms with van der Waals surface area (Å²) in [5.41, 5.74) is 7.41. The molecule has 1 aliphatic rings. The zero-order valence-electron chi connectivity index (χ0n) is 16.0. The van der Waals surface area contributed by atoms with Crippen molar-refractivity contribution in [3.8, 4) is 0 Å². The van der Waals surface area contributed by atoms with Crippen molar-refractivity contribution in [2.45, 2.75) is 59.8 Å². The van der Waals surface area contributed by atoms with E-state index in [0.717, 1.165) is 11.5 Å². The first-order chi connectivity index (χ1) is 12.1. The quantitative estimate of drug-likeness (QED) is 0.493. The minimum Gasteiger partial charge on any atom is -0.343 e. The molecule has 1 fully saturated rings. The van der Waals surface area contributed by atoms with Crippen LogP contribution in [-0.4, -0.2) is 5.84 Å². The lowest BCUT2D eigenvalue weighted by molar-refractivity contribution is 0.439. The van der Waals surface area contributed by atoms with Crippen LogP contribution in [0.15, 0.2) is 41.4 Å². The van der Waals surface area contributed by atoms with Crippen LogP contribution < -0.4 is 5.32 Å². The Labute approximate surface area is 152 Å². The highest BCUT2D eigenvalue weighted by atomic mass is 15.0. The van der Waals surface area contributed by atoms with E-state index in [0.29, 0.717) is 5.92 Å². The smallest absolute Gasteiger partial charge is 0.110 e. The summed E-state index contributed by atoms with van der Waals surface area (Å²) in [5.74, 6) is 1.68. The highest BCUT2D eigenvalue weighted by Crippen LogP contribution is 2.31. The standard InChI is InChI=1S/C23H30N2/c1-16-10-8-11-17(2)21(16)24-23(20-14-6-5-7-15-20)25-22-18(3)12-9-13-19(22)4/h8-13,20H,5-7,14-15H2,1-4H3,(H,24,25). The van der Waals surface area contributed by atoms with Gasteiger partial charge in [-0.05, 0) is 62.8 Å². The molecule has 2 aromatic rings. The molecule has 2 nitrogen and oxygen atoms in total. The molecule has 2 aromatic carbocycles. The van der Waals surface area contributed by atoms with E-state index >= 15 is 0 Å². The Morgan fingerprint density at radius 2 is 1.32 bits per heavy atom. The summed E-state index contributed by atoms with van der Waals surface area (Å²) >= 11 is 0. The second kappa shape index (κ2) is 7.86. The van der Waals surface area contributed by atoms with Crippen LogP contribution in [0.1, 0.15) is 54.4 Å². The predicted octanol–water partition coefficient (Wildman–Crippen LogP) is 6.64. The average molecular weight is 335 g/mol. The van der Waals surface area contributed by atoms with Crippen molar-refractivity contribution in [1.29, 1.82) is 0 Å². The third-order valence-electron chi connectivity index (χ3n) is 5.40. The highest BCUT2D eigenvalue weighted by molar-refractivity contribution is 6.00. The third kappa shape index (κ3) is 4.12. The van der Waals surface area contributed by atoms with Crippen LogP contribution in [0.2, 0.25) is 0 Å². The number of hydrogen-bond acceptors (Lipinski definition) is 1. The minimum absolute atomic E-state index is 0.534. The predicted molar refractivity (Wildman–Crippen MR) is 109 cm³/mol. The van der Waals surface area contributed by atoms with Crippen molar-refractivity contribution >= 4 is 17.2 Å². The zero-order valence-corrected chi connectivity index (χ0v) is 16.0. The van der Waals surface area contributed by atoms with Gasteiger partial charge in [0.05, 0.1) is 5.69 Å². The summed E-state index contributed by atoms with van der Waals surface area (Å²) in [6.45, 7) is 8.66. The van der Waals surface area contributed by atoms with Gasteiger partial charge in [-0.25, -0.2) is 4.99 Å². The van der Waals surface area contributed by atoms with Crippen LogP contribution in [0, 0.1) is 33.6 Å². The van der Waals surface area contributed by atoms with Gasteiger partial charge in [0, 0.05) is 11.6 Å². The fourth-order valence-corrected chi connectivity index (χ4v) is 3.84. The van der Waals surface area contributed by atoms with Gasteiger partial charge < -0.3 is 5.32 Å². The molecule has 1 N–H and O–H groups in total. The van der Waals surface area contributed by atoms with E-state index in [1.165, 1.54) is 60.0 Å². The number of aliphatic imine (C=N–C) groups is 1. The molecular formula is C23H30N2. The number of para-hydroxylation sites is 2. The van der Waals surface area contributed by atoms with E-state index < -0.39 is 0 Å². The molecule has 25 heavy (non-hydrogen) atoms. The molecule has 0 aromatic heterocycles. The third-order valence-corrected chi connectivity index (χ3v) is 5.40. The molecule has 2 heteroatoms. The van der Waals surface area contributed by atoms with Crippen LogP contribution in [0.3, 0.4) is 0 Å². The Morgan fingerprint density at radius 3 is 1.88 bits per heavy atom. The van der Waals surface area contributed by atoms with Crippen LogP contribution in [0.5, 0.6) is 0 Å². The van der Waals surface area contributed by atoms with Crippen molar-refractivity contribution in [2.24, 2.45) is 10.9 Å². The lowest BCUT2D eigenvalue weighted by Gasteiger charge is -2.26. The largest absolute Gasteiger partial charge is 0.343 e. The molecule has 1 aliphatic carbocycles. The molecule has 0 unspecified atom stereocenters. The lowest BCUT2D eigenvalue weighted by atomic mass is 9.88. The molecule has 0 amide bonds. The van der Waals surface area contributed by atoms with E-state index in [4.69, 9.17) is 4.99 Å². The van der Waals surface area contributed by atoms with Crippen molar-refractivity contribution < 1.29 is 0 Å². The topological polar surface area (TPSA) is 24.4 Å². The number of nitrogens with zero attached hydrogens (tertiary/aromatic N) is 1. The molecule has 0 spiro atoms. The Morgan fingerprint density at radius 1 is 0.800 bits per heavy atom. The normalized spacial score (nSPS) is 16.1. The van der Waals surface area contributed by atoms with Crippen LogP contribution >= 0.6 is 0 Å². The first-order valence-electron chi connectivity index (χ1n) is 9.54. The maximum absolute atomic E-state index is 5.16. The number of benzene rings is 2. The minimum atomic E-state index is 0.534. The van der Waals surface area contributed by atoms with Crippen molar-refractivity contribution in [3.05, 3.63) is 58.7 Å². The molecule has 0 atom stereocenters. The van der Waals surface area contributed by atoms with E-state index in [9.17, 15) is 0 Å². The summed E-state index contributed by atoms with van der Waals surface area (Å²) < 4.78 is 0. The average Bonchev–Trinajstić information content (AvgIpc) is 2.60. The summed E-state index contributed by atoms with van der Waals surface area (Å²) in [5, 5.41) is 3.74. The van der Waals surface area contributed by atoms with Gasteiger partial charge in [0.25, 0.3) is 0 Å². The van der Waals surface area contributed by atoms with E-state index in [2.05, 4.69) is 69.4 Å². The number of nitrogens with one attached hydrogen (secondary N) is 1. The Hall–Kier alpha value is -2.09. The number of anilines is 1. The summed E-state index contributed by atoms with van der Waals surface area (Å²) in [6.07, 6.45) is 6.45. The summed E-state index contributed by atoms with van der Waals surface area (Å²) in [6, 6.07) is 12.9. The van der Waals surface area contributed by atoms with E-state index in [1.807, 2.05) is 0 Å². The number of rotatable bonds is 3. The maximum Gasteiger partial charge on any atom is 0.110 e. The molecule has 3 rings (SSSR count). The van der Waals surface area contributed by atoms with E-state index in [1.54, 1.807) is 0 Å². The van der Waals surface area contributed by atoms with Gasteiger partial charge in [0.1, 0.15) is 5.84 Å². The second-order valence-corrected chi connectivity index (χ2v) is 7.46. The molecule has 0 bridgehead atoms.